The molecular formula is C41H72O16. The lowest BCUT2D eigenvalue weighted by Gasteiger charge is -2.66. The summed E-state index contributed by atoms with van der Waals surface area (Å²) in [7, 11) is 1.32. The van der Waals surface area contributed by atoms with E-state index in [1.54, 1.807) is 0 Å². The van der Waals surface area contributed by atoms with E-state index in [9.17, 15) is 56.2 Å². The van der Waals surface area contributed by atoms with Crippen molar-refractivity contribution < 1.29 is 79.9 Å². The topological polar surface area (TPSA) is 269 Å². The fraction of sp³-hybridized carbons (Fsp3) is 1.00. The smallest absolute Gasteiger partial charge is 0.187 e. The van der Waals surface area contributed by atoms with E-state index in [1.807, 2.05) is 6.92 Å². The molecule has 4 saturated carbocycles. The summed E-state index contributed by atoms with van der Waals surface area (Å²) in [6.07, 6.45) is -12.5. The van der Waals surface area contributed by atoms with Crippen molar-refractivity contribution in [3.63, 3.8) is 0 Å². The van der Waals surface area contributed by atoms with E-state index in [1.165, 1.54) is 7.11 Å². The summed E-state index contributed by atoms with van der Waals surface area (Å²) in [5.74, 6) is -1.59. The minimum absolute atomic E-state index is 0.0403. The second-order valence-electron chi connectivity index (χ2n) is 19.5. The summed E-state index contributed by atoms with van der Waals surface area (Å²) < 4.78 is 28.9. The minimum Gasteiger partial charge on any atom is -0.394 e. The van der Waals surface area contributed by atoms with Crippen LogP contribution in [-0.2, 0) is 23.7 Å². The van der Waals surface area contributed by atoms with Crippen LogP contribution in [0.5, 0.6) is 0 Å². The molecule has 0 spiro atoms. The van der Waals surface area contributed by atoms with Crippen LogP contribution in [0.4, 0.5) is 0 Å². The highest BCUT2D eigenvalue weighted by Gasteiger charge is 2.73. The highest BCUT2D eigenvalue weighted by atomic mass is 16.8. The zero-order chi connectivity index (χ0) is 41.9. The molecule has 0 bridgehead atoms. The Kier molecular flexibility index (Phi) is 14.2. The average Bonchev–Trinajstić information content (AvgIpc) is 3.56. The van der Waals surface area contributed by atoms with Gasteiger partial charge >= 0.3 is 0 Å². The predicted octanol–water partition coefficient (Wildman–Crippen LogP) is -0.983. The first-order chi connectivity index (χ1) is 26.8. The number of ether oxygens (including phenoxy) is 5. The van der Waals surface area contributed by atoms with E-state index in [-0.39, 0.29) is 49.2 Å². The summed E-state index contributed by atoms with van der Waals surface area (Å²) in [6.45, 7) is 9.63. The third kappa shape index (κ3) is 8.00. The molecule has 2 saturated heterocycles. The highest BCUT2D eigenvalue weighted by molar-refractivity contribution is 5.22. The van der Waals surface area contributed by atoms with E-state index >= 15 is 0 Å². The maximum Gasteiger partial charge on any atom is 0.187 e. The molecule has 2 heterocycles. The van der Waals surface area contributed by atoms with Gasteiger partial charge in [-0.3, -0.25) is 0 Å². The van der Waals surface area contributed by atoms with Gasteiger partial charge in [-0.25, -0.2) is 0 Å². The molecule has 332 valence electrons. The van der Waals surface area contributed by atoms with Crippen molar-refractivity contribution in [3.8, 4) is 0 Å². The number of aliphatic hydroxyl groups is 11. The number of aliphatic hydroxyl groups excluding tert-OH is 10. The van der Waals surface area contributed by atoms with Gasteiger partial charge in [0.1, 0.15) is 42.7 Å². The molecule has 57 heavy (non-hydrogen) atoms. The van der Waals surface area contributed by atoms with Gasteiger partial charge in [0.25, 0.3) is 0 Å². The SMILES string of the molecule is CO[C@H]1[C@H](O[C@@H]2C(OCC[C@@H](CC[C@@H](C)[C@H]3[C@@H](O)[C@H](O)C4[C@]5(O)C[C@@H](O)[C@H]6[C@@H](O)[C@@H](O)CC[C@]6(C)C5CC[C@@]43C)C(C)C)O[C@H]([C@@H](O)CO)[C@H]2O)OC[C@@H](O)[C@@H]1O. The minimum atomic E-state index is -1.47. The Balaban J connectivity index is 1.10. The number of hydrogen-bond acceptors (Lipinski definition) is 16. The van der Waals surface area contributed by atoms with Crippen molar-refractivity contribution in [2.45, 2.75) is 177 Å². The Bertz CT molecular complexity index is 1330. The quantitative estimate of drug-likeness (QED) is 0.101. The van der Waals surface area contributed by atoms with Crippen LogP contribution in [0.2, 0.25) is 0 Å². The van der Waals surface area contributed by atoms with Gasteiger partial charge in [-0.1, -0.05) is 41.0 Å². The predicted molar refractivity (Wildman–Crippen MR) is 201 cm³/mol. The molecule has 11 N–H and O–H groups in total. The lowest BCUT2D eigenvalue weighted by Crippen LogP contribution is -2.71. The van der Waals surface area contributed by atoms with Crippen molar-refractivity contribution in [1.29, 1.82) is 0 Å². The Morgan fingerprint density at radius 2 is 1.44 bits per heavy atom. The molecule has 0 radical (unpaired) electrons. The molecule has 6 fully saturated rings. The van der Waals surface area contributed by atoms with Gasteiger partial charge in [0, 0.05) is 25.4 Å². The van der Waals surface area contributed by atoms with Crippen LogP contribution in [-0.4, -0.2) is 175 Å². The van der Waals surface area contributed by atoms with Gasteiger partial charge in [-0.15, -0.1) is 0 Å². The normalized spacial score (nSPS) is 51.6. The maximum absolute atomic E-state index is 12.7. The van der Waals surface area contributed by atoms with Crippen molar-refractivity contribution >= 4 is 0 Å². The first-order valence-corrected chi connectivity index (χ1v) is 21.3. The molecule has 4 aliphatic carbocycles. The third-order valence-electron chi connectivity index (χ3n) is 16.0. The van der Waals surface area contributed by atoms with Crippen molar-refractivity contribution in [2.75, 3.05) is 26.9 Å². The van der Waals surface area contributed by atoms with Gasteiger partial charge in [-0.05, 0) is 78.9 Å². The molecule has 16 nitrogen and oxygen atoms in total. The van der Waals surface area contributed by atoms with Crippen molar-refractivity contribution in [1.82, 2.24) is 0 Å². The monoisotopic (exact) mass is 820 g/mol. The van der Waals surface area contributed by atoms with Crippen LogP contribution < -0.4 is 0 Å². The van der Waals surface area contributed by atoms with E-state index in [0.717, 1.165) is 6.42 Å². The fourth-order valence-corrected chi connectivity index (χ4v) is 13.1. The number of rotatable bonds is 14. The van der Waals surface area contributed by atoms with E-state index < -0.39 is 121 Å². The molecule has 6 aliphatic rings. The van der Waals surface area contributed by atoms with Crippen LogP contribution in [0.3, 0.4) is 0 Å². The molecule has 0 amide bonds. The number of hydrogen-bond donors (Lipinski definition) is 11. The van der Waals surface area contributed by atoms with Crippen LogP contribution in [0.1, 0.15) is 86.0 Å². The molecule has 0 aromatic rings. The second kappa shape index (κ2) is 17.6. The Labute approximate surface area is 336 Å². The summed E-state index contributed by atoms with van der Waals surface area (Å²) in [5, 5.41) is 121. The summed E-state index contributed by atoms with van der Waals surface area (Å²) in [6, 6.07) is 0. The zero-order valence-corrected chi connectivity index (χ0v) is 34.4. The fourth-order valence-electron chi connectivity index (χ4n) is 13.1. The molecule has 0 aromatic heterocycles. The van der Waals surface area contributed by atoms with Crippen LogP contribution in [0, 0.1) is 52.3 Å². The van der Waals surface area contributed by atoms with Gasteiger partial charge < -0.3 is 79.9 Å². The lowest BCUT2D eigenvalue weighted by molar-refractivity contribution is -0.307. The van der Waals surface area contributed by atoms with Crippen LogP contribution >= 0.6 is 0 Å². The van der Waals surface area contributed by atoms with E-state index in [0.29, 0.717) is 38.5 Å². The Hall–Kier alpha value is -0.640. The Morgan fingerprint density at radius 1 is 0.754 bits per heavy atom. The lowest BCUT2D eigenvalue weighted by atomic mass is 9.41. The second-order valence-corrected chi connectivity index (χ2v) is 19.5. The molecule has 2 aliphatic heterocycles. The summed E-state index contributed by atoms with van der Waals surface area (Å²) in [4.78, 5) is 0. The maximum atomic E-state index is 12.7. The molecule has 3 unspecified atom stereocenters. The summed E-state index contributed by atoms with van der Waals surface area (Å²) in [5.41, 5.74) is -2.74. The molecule has 6 rings (SSSR count). The zero-order valence-electron chi connectivity index (χ0n) is 34.4. The van der Waals surface area contributed by atoms with Crippen molar-refractivity contribution in [3.05, 3.63) is 0 Å². The largest absolute Gasteiger partial charge is 0.394 e. The number of methoxy groups -OCH3 is 1. The van der Waals surface area contributed by atoms with Gasteiger partial charge in [0.2, 0.25) is 0 Å². The van der Waals surface area contributed by atoms with Gasteiger partial charge in [0.05, 0.1) is 55.9 Å². The molecule has 23 atom stereocenters. The van der Waals surface area contributed by atoms with E-state index in [2.05, 4.69) is 27.7 Å². The van der Waals surface area contributed by atoms with Gasteiger partial charge in [0.15, 0.2) is 12.6 Å². The Morgan fingerprint density at radius 3 is 2.09 bits per heavy atom. The highest BCUT2D eigenvalue weighted by Crippen LogP contribution is 2.70. The van der Waals surface area contributed by atoms with Crippen LogP contribution in [0.25, 0.3) is 0 Å². The standard InChI is InChI=1S/C41H72O16/c1-18(2)20(11-14-54-38-35(32(51)33(56-38)23(45)16-42)57-37-34(53-6)29(48)24(46)17-55-37)8-7-19(3)26-30(49)31(50)36-40(26,5)13-10-25-39(4)12-9-21(43)28(47)27(39)22(44)15-41(25,36)52/h18-38,42-52H,7-17H2,1-6H3/t19-,20-,21+,22-,23+,24-,25?,26+,27+,28+,29+,30-,31+,32-,33-,34-,35+,36?,37+,38?,39-,40-,41+/m1/s1. The van der Waals surface area contributed by atoms with Gasteiger partial charge in [-0.2, -0.15) is 0 Å². The van der Waals surface area contributed by atoms with E-state index in [4.69, 9.17) is 23.7 Å². The molecular weight excluding hydrogens is 748 g/mol. The first-order valence-electron chi connectivity index (χ1n) is 21.3. The summed E-state index contributed by atoms with van der Waals surface area (Å²) >= 11 is 0. The molecule has 16 heteroatoms. The molecule has 0 aromatic carbocycles. The first kappa shape index (κ1) is 45.9. The third-order valence-corrected chi connectivity index (χ3v) is 16.0. The van der Waals surface area contributed by atoms with Crippen molar-refractivity contribution in [2.24, 2.45) is 52.3 Å². The van der Waals surface area contributed by atoms with Crippen LogP contribution in [0.15, 0.2) is 0 Å². The number of fused-ring (bicyclic) bond motifs is 5. The average molecular weight is 821 g/mol.